The second-order valence-electron chi connectivity index (χ2n) is 6.82. The van der Waals surface area contributed by atoms with Crippen LogP contribution in [0.15, 0.2) is 30.3 Å². The van der Waals surface area contributed by atoms with Crippen molar-refractivity contribution in [1.29, 1.82) is 0 Å². The Kier molecular flexibility index (Phi) is 6.45. The summed E-state index contributed by atoms with van der Waals surface area (Å²) < 4.78 is 23.3. The fourth-order valence-corrected chi connectivity index (χ4v) is 4.91. The van der Waals surface area contributed by atoms with E-state index in [9.17, 15) is 4.21 Å². The van der Waals surface area contributed by atoms with Crippen molar-refractivity contribution in [1.82, 2.24) is 0 Å². The lowest BCUT2D eigenvalue weighted by atomic mass is 9.85. The Hall–Kier alpha value is -0.470. The van der Waals surface area contributed by atoms with Crippen molar-refractivity contribution in [3.05, 3.63) is 55.7 Å². The van der Waals surface area contributed by atoms with Gasteiger partial charge in [0.2, 0.25) is 0 Å². The Bertz CT molecular complexity index is 803. The number of ether oxygens (including phenoxy) is 2. The molecule has 2 atom stereocenters. The van der Waals surface area contributed by atoms with Gasteiger partial charge in [-0.2, -0.15) is 0 Å². The summed E-state index contributed by atoms with van der Waals surface area (Å²) in [5.41, 5.74) is 1.96. The number of benzene rings is 1. The van der Waals surface area contributed by atoms with Gasteiger partial charge in [0.15, 0.2) is 6.29 Å². The zero-order valence-electron chi connectivity index (χ0n) is 14.5. The van der Waals surface area contributed by atoms with Crippen LogP contribution in [-0.2, 0) is 20.5 Å². The van der Waals surface area contributed by atoms with E-state index in [0.29, 0.717) is 29.0 Å². The number of halogens is 2. The Morgan fingerprint density at radius 3 is 2.62 bits per heavy atom. The van der Waals surface area contributed by atoms with Crippen LogP contribution in [-0.4, -0.2) is 22.2 Å². The van der Waals surface area contributed by atoms with Crippen molar-refractivity contribution in [2.24, 2.45) is 5.14 Å². The molecule has 0 amide bonds. The van der Waals surface area contributed by atoms with Crippen LogP contribution in [0.3, 0.4) is 0 Å². The summed E-state index contributed by atoms with van der Waals surface area (Å²) >= 11 is 14.2. The zero-order chi connectivity index (χ0) is 18.9. The van der Waals surface area contributed by atoms with Crippen LogP contribution in [0.4, 0.5) is 0 Å². The van der Waals surface area contributed by atoms with Gasteiger partial charge in [-0.1, -0.05) is 35.3 Å². The van der Waals surface area contributed by atoms with Crippen molar-refractivity contribution in [2.45, 2.75) is 37.2 Å². The molecule has 26 heavy (non-hydrogen) atoms. The van der Waals surface area contributed by atoms with Gasteiger partial charge in [0.25, 0.3) is 0 Å². The van der Waals surface area contributed by atoms with E-state index in [0.717, 1.165) is 16.0 Å². The summed E-state index contributed by atoms with van der Waals surface area (Å²) in [4.78, 5) is 0.932. The molecule has 0 saturated carbocycles. The van der Waals surface area contributed by atoms with Gasteiger partial charge in [0, 0.05) is 10.9 Å². The van der Waals surface area contributed by atoms with Crippen molar-refractivity contribution >= 4 is 45.5 Å². The normalized spacial score (nSPS) is 18.2. The van der Waals surface area contributed by atoms with Gasteiger partial charge in [-0.3, -0.25) is 5.14 Å². The van der Waals surface area contributed by atoms with Gasteiger partial charge in [-0.25, -0.2) is 4.21 Å². The molecule has 4 nitrogen and oxygen atoms in total. The van der Waals surface area contributed by atoms with E-state index in [1.165, 1.54) is 11.3 Å². The van der Waals surface area contributed by atoms with Crippen molar-refractivity contribution < 1.29 is 13.7 Å². The van der Waals surface area contributed by atoms with Gasteiger partial charge in [0.1, 0.15) is 0 Å². The van der Waals surface area contributed by atoms with Gasteiger partial charge < -0.3 is 9.47 Å². The second-order valence-corrected chi connectivity index (χ2v) is 10.6. The maximum Gasteiger partial charge on any atom is 0.193 e. The minimum absolute atomic E-state index is 0.0879. The standard InChI is InChI=1S/C18H21Cl2NO3S2/c1-18(2,26(21)22)10-14(11-4-3-5-12(19)8-11)13-9-15(25-16(13)20)17-23-6-7-24-17/h3-5,8-9,14,17H,6-7,10,21H2,1-2H3. The third-order valence-corrected chi connectivity index (χ3v) is 7.35. The number of nitrogens with two attached hydrogens (primary N) is 1. The van der Waals surface area contributed by atoms with E-state index < -0.39 is 15.7 Å². The van der Waals surface area contributed by atoms with Crippen molar-refractivity contribution in [3.8, 4) is 0 Å². The molecule has 8 heteroatoms. The molecular weight excluding hydrogens is 413 g/mol. The molecule has 2 heterocycles. The molecule has 1 fully saturated rings. The maximum atomic E-state index is 12.0. The number of thiophene rings is 1. The first-order chi connectivity index (χ1) is 12.3. The highest BCUT2D eigenvalue weighted by atomic mass is 35.5. The highest BCUT2D eigenvalue weighted by Gasteiger charge is 2.32. The SMILES string of the molecule is CC(C)(CC(c1cccc(Cl)c1)c1cc(C2OCCO2)sc1Cl)S(N)=O. The first kappa shape index (κ1) is 20.3. The van der Waals surface area contributed by atoms with E-state index in [4.69, 9.17) is 37.8 Å². The number of rotatable bonds is 6. The number of hydrogen-bond acceptors (Lipinski definition) is 4. The maximum absolute atomic E-state index is 12.0. The molecular formula is C18H21Cl2NO3S2. The summed E-state index contributed by atoms with van der Waals surface area (Å²) in [6.45, 7) is 4.94. The van der Waals surface area contributed by atoms with E-state index in [-0.39, 0.29) is 12.2 Å². The average Bonchev–Trinajstić information content (AvgIpc) is 3.22. The van der Waals surface area contributed by atoms with Crippen LogP contribution in [0.1, 0.15) is 48.5 Å². The van der Waals surface area contributed by atoms with Crippen LogP contribution in [0.5, 0.6) is 0 Å². The van der Waals surface area contributed by atoms with Crippen LogP contribution in [0, 0.1) is 0 Å². The summed E-state index contributed by atoms with van der Waals surface area (Å²) in [6, 6.07) is 9.67. The van der Waals surface area contributed by atoms with Crippen LogP contribution >= 0.6 is 34.5 Å². The highest BCUT2D eigenvalue weighted by molar-refractivity contribution is 7.84. The first-order valence-electron chi connectivity index (χ1n) is 8.22. The molecule has 1 aliphatic heterocycles. The summed E-state index contributed by atoms with van der Waals surface area (Å²) in [6.07, 6.45) is 0.196. The predicted molar refractivity (Wildman–Crippen MR) is 108 cm³/mol. The monoisotopic (exact) mass is 433 g/mol. The fourth-order valence-electron chi connectivity index (χ4n) is 2.98. The van der Waals surface area contributed by atoms with Crippen molar-refractivity contribution in [2.75, 3.05) is 13.2 Å². The Labute approximate surface area is 170 Å². The Morgan fingerprint density at radius 2 is 2.00 bits per heavy atom. The lowest BCUT2D eigenvalue weighted by Crippen LogP contribution is -2.34. The molecule has 142 valence electrons. The van der Waals surface area contributed by atoms with Gasteiger partial charge in [-0.05, 0) is 49.6 Å². The van der Waals surface area contributed by atoms with E-state index in [1.807, 2.05) is 44.2 Å². The van der Waals surface area contributed by atoms with E-state index >= 15 is 0 Å². The predicted octanol–water partition coefficient (Wildman–Crippen LogP) is 5.02. The second kappa shape index (κ2) is 8.27. The molecule has 2 N–H and O–H groups in total. The Morgan fingerprint density at radius 1 is 1.31 bits per heavy atom. The molecule has 1 aromatic carbocycles. The molecule has 0 radical (unpaired) electrons. The number of hydrogen-bond donors (Lipinski definition) is 1. The van der Waals surface area contributed by atoms with E-state index in [2.05, 4.69) is 0 Å². The largest absolute Gasteiger partial charge is 0.345 e. The molecule has 1 aliphatic rings. The third kappa shape index (κ3) is 4.50. The molecule has 0 spiro atoms. The minimum atomic E-state index is -1.47. The quantitative estimate of drug-likeness (QED) is 0.694. The lowest BCUT2D eigenvalue weighted by molar-refractivity contribution is -0.0413. The Balaban J connectivity index is 2.01. The van der Waals surface area contributed by atoms with Crippen LogP contribution in [0.2, 0.25) is 9.36 Å². The molecule has 2 unspecified atom stereocenters. The molecule has 0 aliphatic carbocycles. The van der Waals surface area contributed by atoms with Crippen molar-refractivity contribution in [3.63, 3.8) is 0 Å². The molecule has 1 saturated heterocycles. The summed E-state index contributed by atoms with van der Waals surface area (Å²) in [5, 5.41) is 6.37. The summed E-state index contributed by atoms with van der Waals surface area (Å²) in [7, 11) is -1.47. The molecule has 1 aromatic heterocycles. The highest BCUT2D eigenvalue weighted by Crippen LogP contribution is 2.44. The lowest BCUT2D eigenvalue weighted by Gasteiger charge is -2.28. The van der Waals surface area contributed by atoms with E-state index in [1.54, 1.807) is 0 Å². The van der Waals surface area contributed by atoms with Crippen LogP contribution < -0.4 is 5.14 Å². The minimum Gasteiger partial charge on any atom is -0.345 e. The molecule has 2 aromatic rings. The summed E-state index contributed by atoms with van der Waals surface area (Å²) in [5.74, 6) is -0.0879. The fraction of sp³-hybridized carbons (Fsp3) is 0.444. The topological polar surface area (TPSA) is 61.6 Å². The van der Waals surface area contributed by atoms with Gasteiger partial charge in [0.05, 0.1) is 38.2 Å². The zero-order valence-corrected chi connectivity index (χ0v) is 17.7. The van der Waals surface area contributed by atoms with Gasteiger partial charge >= 0.3 is 0 Å². The van der Waals surface area contributed by atoms with Crippen LogP contribution in [0.25, 0.3) is 0 Å². The third-order valence-electron chi connectivity index (χ3n) is 4.45. The molecule has 0 bridgehead atoms. The molecule has 3 rings (SSSR count). The smallest absolute Gasteiger partial charge is 0.193 e. The average molecular weight is 434 g/mol. The first-order valence-corrected chi connectivity index (χ1v) is 11.0. The van der Waals surface area contributed by atoms with Gasteiger partial charge in [-0.15, -0.1) is 11.3 Å².